The minimum atomic E-state index is -1.36. The number of rotatable bonds is 9. The van der Waals surface area contributed by atoms with Crippen molar-refractivity contribution in [2.24, 2.45) is 0 Å². The quantitative estimate of drug-likeness (QED) is 0.325. The van der Waals surface area contributed by atoms with Crippen LogP contribution < -0.4 is 4.74 Å². The topological polar surface area (TPSA) is 55.8 Å². The molecule has 0 saturated carbocycles. The van der Waals surface area contributed by atoms with E-state index in [4.69, 9.17) is 9.47 Å². The summed E-state index contributed by atoms with van der Waals surface area (Å²) in [5.41, 5.74) is 0.865. The van der Waals surface area contributed by atoms with Gasteiger partial charge in [-0.2, -0.15) is 0 Å². The van der Waals surface area contributed by atoms with Crippen molar-refractivity contribution in [3.8, 4) is 5.75 Å². The Kier molecular flexibility index (Phi) is 7.67. The zero-order valence-electron chi connectivity index (χ0n) is 13.7. The van der Waals surface area contributed by atoms with Gasteiger partial charge in [0.25, 0.3) is 0 Å². The van der Waals surface area contributed by atoms with Gasteiger partial charge in [-0.3, -0.25) is 0 Å². The number of hydrogen-bond acceptors (Lipinski definition) is 4. The predicted molar refractivity (Wildman–Crippen MR) is 87.5 cm³/mol. The van der Waals surface area contributed by atoms with Crippen molar-refractivity contribution in [2.75, 3.05) is 7.11 Å². The van der Waals surface area contributed by atoms with Crippen LogP contribution in [0.5, 0.6) is 5.75 Å². The Balaban J connectivity index is 2.56. The van der Waals surface area contributed by atoms with E-state index >= 15 is 0 Å². The molecule has 4 heteroatoms. The van der Waals surface area contributed by atoms with E-state index in [0.29, 0.717) is 12.8 Å². The average Bonchev–Trinajstić information content (AvgIpc) is 2.53. The lowest BCUT2D eigenvalue weighted by molar-refractivity contribution is -0.208. The maximum Gasteiger partial charge on any atom is 0.333 e. The number of aliphatic hydroxyl groups is 1. The fourth-order valence-electron chi connectivity index (χ4n) is 2.05. The number of esters is 1. The van der Waals surface area contributed by atoms with E-state index in [1.807, 2.05) is 31.2 Å². The van der Waals surface area contributed by atoms with E-state index in [1.165, 1.54) is 6.08 Å². The summed E-state index contributed by atoms with van der Waals surface area (Å²) >= 11 is 0. The largest absolute Gasteiger partial charge is 0.497 e. The molecule has 0 aliphatic rings. The van der Waals surface area contributed by atoms with Gasteiger partial charge < -0.3 is 14.6 Å². The van der Waals surface area contributed by atoms with Gasteiger partial charge in [-0.25, -0.2) is 4.79 Å². The zero-order chi connectivity index (χ0) is 16.4. The van der Waals surface area contributed by atoms with Crippen LogP contribution in [0, 0.1) is 0 Å². The molecule has 4 nitrogen and oxygen atoms in total. The SMILES string of the molecule is CCCCCC(O)(CC)OC(=O)/C=C/c1ccc(OC)cc1. The van der Waals surface area contributed by atoms with Crippen molar-refractivity contribution in [1.82, 2.24) is 0 Å². The zero-order valence-corrected chi connectivity index (χ0v) is 13.7. The third-order valence-corrected chi connectivity index (χ3v) is 3.54. The molecule has 122 valence electrons. The normalized spacial score (nSPS) is 13.8. The summed E-state index contributed by atoms with van der Waals surface area (Å²) in [6.45, 7) is 3.90. The summed E-state index contributed by atoms with van der Waals surface area (Å²) in [6.07, 6.45) is 6.77. The van der Waals surface area contributed by atoms with E-state index in [-0.39, 0.29) is 0 Å². The molecular formula is C18H26O4. The molecule has 0 aliphatic carbocycles. The monoisotopic (exact) mass is 306 g/mol. The number of hydrogen-bond donors (Lipinski definition) is 1. The molecule has 0 radical (unpaired) electrons. The number of unbranched alkanes of at least 4 members (excludes halogenated alkanes) is 2. The van der Waals surface area contributed by atoms with Crippen molar-refractivity contribution >= 4 is 12.0 Å². The second-order valence-corrected chi connectivity index (χ2v) is 5.28. The van der Waals surface area contributed by atoms with E-state index < -0.39 is 11.8 Å². The highest BCUT2D eigenvalue weighted by Crippen LogP contribution is 2.21. The fourth-order valence-corrected chi connectivity index (χ4v) is 2.05. The third-order valence-electron chi connectivity index (χ3n) is 3.54. The second kappa shape index (κ2) is 9.26. The van der Waals surface area contributed by atoms with Gasteiger partial charge in [-0.1, -0.05) is 38.8 Å². The average molecular weight is 306 g/mol. The van der Waals surface area contributed by atoms with E-state index in [2.05, 4.69) is 6.92 Å². The number of benzene rings is 1. The summed E-state index contributed by atoms with van der Waals surface area (Å²) < 4.78 is 10.3. The summed E-state index contributed by atoms with van der Waals surface area (Å²) in [6, 6.07) is 7.32. The van der Waals surface area contributed by atoms with Crippen LogP contribution in [0.3, 0.4) is 0 Å². The first-order valence-electron chi connectivity index (χ1n) is 7.80. The lowest BCUT2D eigenvalue weighted by atomic mass is 10.1. The van der Waals surface area contributed by atoms with Crippen LogP contribution in [-0.4, -0.2) is 24.0 Å². The smallest absolute Gasteiger partial charge is 0.333 e. The van der Waals surface area contributed by atoms with Gasteiger partial charge in [0, 0.05) is 18.9 Å². The first-order valence-corrected chi connectivity index (χ1v) is 7.80. The number of ether oxygens (including phenoxy) is 2. The summed E-state index contributed by atoms with van der Waals surface area (Å²) in [5.74, 6) is -1.14. The Morgan fingerprint density at radius 2 is 1.91 bits per heavy atom. The molecule has 1 aromatic rings. The molecule has 22 heavy (non-hydrogen) atoms. The van der Waals surface area contributed by atoms with Gasteiger partial charge in [0.2, 0.25) is 5.79 Å². The minimum absolute atomic E-state index is 0.388. The first-order chi connectivity index (χ1) is 10.5. The van der Waals surface area contributed by atoms with Gasteiger partial charge in [-0.15, -0.1) is 0 Å². The van der Waals surface area contributed by atoms with Crippen LogP contribution in [0.1, 0.15) is 51.5 Å². The van der Waals surface area contributed by atoms with E-state index in [0.717, 1.165) is 30.6 Å². The number of carbonyl (C=O) groups excluding carboxylic acids is 1. The van der Waals surface area contributed by atoms with Crippen LogP contribution in [0.4, 0.5) is 0 Å². The number of carbonyl (C=O) groups is 1. The number of methoxy groups -OCH3 is 1. The molecule has 0 spiro atoms. The maximum atomic E-state index is 11.9. The van der Waals surface area contributed by atoms with Gasteiger partial charge in [-0.05, 0) is 30.2 Å². The molecule has 0 saturated heterocycles. The highest BCUT2D eigenvalue weighted by molar-refractivity contribution is 5.87. The Bertz CT molecular complexity index is 478. The van der Waals surface area contributed by atoms with Crippen molar-refractivity contribution in [2.45, 2.75) is 51.7 Å². The standard InChI is InChI=1S/C18H26O4/c1-4-6-7-14-18(20,5-2)22-17(19)13-10-15-8-11-16(21-3)12-9-15/h8-13,20H,4-7,14H2,1-3H3/b13-10+. The van der Waals surface area contributed by atoms with Gasteiger partial charge >= 0.3 is 5.97 Å². The Labute approximate surface area is 132 Å². The minimum Gasteiger partial charge on any atom is -0.497 e. The Morgan fingerprint density at radius 3 is 2.45 bits per heavy atom. The van der Waals surface area contributed by atoms with E-state index in [9.17, 15) is 9.90 Å². The molecule has 1 rings (SSSR count). The highest BCUT2D eigenvalue weighted by atomic mass is 16.7. The summed E-state index contributed by atoms with van der Waals surface area (Å²) in [4.78, 5) is 11.9. The Hall–Kier alpha value is -1.81. The van der Waals surface area contributed by atoms with Crippen LogP contribution in [0.25, 0.3) is 6.08 Å². The predicted octanol–water partition coefficient (Wildman–Crippen LogP) is 3.93. The van der Waals surface area contributed by atoms with Gasteiger partial charge in [0.1, 0.15) is 5.75 Å². The molecule has 0 fully saturated rings. The van der Waals surface area contributed by atoms with Crippen molar-refractivity contribution in [1.29, 1.82) is 0 Å². The molecule has 0 aliphatic heterocycles. The van der Waals surface area contributed by atoms with Crippen molar-refractivity contribution in [3.05, 3.63) is 35.9 Å². The van der Waals surface area contributed by atoms with Crippen molar-refractivity contribution < 1.29 is 19.4 Å². The molecule has 0 heterocycles. The lowest BCUT2D eigenvalue weighted by Crippen LogP contribution is -2.33. The summed E-state index contributed by atoms with van der Waals surface area (Å²) in [7, 11) is 1.60. The lowest BCUT2D eigenvalue weighted by Gasteiger charge is -2.26. The molecule has 1 atom stereocenters. The molecule has 0 aromatic heterocycles. The van der Waals surface area contributed by atoms with Crippen LogP contribution in [0.15, 0.2) is 30.3 Å². The molecule has 0 bridgehead atoms. The second-order valence-electron chi connectivity index (χ2n) is 5.28. The molecule has 1 N–H and O–H groups in total. The molecule has 1 aromatic carbocycles. The van der Waals surface area contributed by atoms with E-state index in [1.54, 1.807) is 13.2 Å². The first kappa shape index (κ1) is 18.2. The third kappa shape index (κ3) is 6.31. The maximum absolute atomic E-state index is 11.9. The fraction of sp³-hybridized carbons (Fsp3) is 0.500. The molecule has 0 amide bonds. The molecular weight excluding hydrogens is 280 g/mol. The van der Waals surface area contributed by atoms with Crippen molar-refractivity contribution in [3.63, 3.8) is 0 Å². The van der Waals surface area contributed by atoms with Crippen LogP contribution >= 0.6 is 0 Å². The van der Waals surface area contributed by atoms with Gasteiger partial charge in [0.15, 0.2) is 0 Å². The Morgan fingerprint density at radius 1 is 1.23 bits per heavy atom. The van der Waals surface area contributed by atoms with Crippen LogP contribution in [-0.2, 0) is 9.53 Å². The summed E-state index contributed by atoms with van der Waals surface area (Å²) in [5, 5.41) is 10.3. The van der Waals surface area contributed by atoms with Crippen LogP contribution in [0.2, 0.25) is 0 Å². The molecule has 1 unspecified atom stereocenters. The van der Waals surface area contributed by atoms with Gasteiger partial charge in [0.05, 0.1) is 7.11 Å². The highest BCUT2D eigenvalue weighted by Gasteiger charge is 2.27.